The van der Waals surface area contributed by atoms with E-state index in [4.69, 9.17) is 0 Å². The summed E-state index contributed by atoms with van der Waals surface area (Å²) in [5.74, 6) is -1.69. The highest BCUT2D eigenvalue weighted by Gasteiger charge is 2.10. The second kappa shape index (κ2) is 7.67. The molecule has 0 unspecified atom stereocenters. The summed E-state index contributed by atoms with van der Waals surface area (Å²) in [4.78, 5) is 0. The van der Waals surface area contributed by atoms with Gasteiger partial charge in [0.15, 0.2) is 16.0 Å². The Hall–Kier alpha value is -2.06. The third-order valence-electron chi connectivity index (χ3n) is 3.15. The van der Waals surface area contributed by atoms with Gasteiger partial charge in [0.1, 0.15) is 5.82 Å². The van der Waals surface area contributed by atoms with E-state index in [-0.39, 0.29) is 17.1 Å². The molecule has 0 radical (unpaired) electrons. The van der Waals surface area contributed by atoms with Gasteiger partial charge in [0, 0.05) is 17.9 Å². The predicted octanol–water partition coefficient (Wildman–Crippen LogP) is 4.86. The molecule has 24 heavy (non-hydrogen) atoms. The number of benzene rings is 2. The molecule has 3 nitrogen and oxygen atoms in total. The average molecular weight is 367 g/mol. The number of hydrogen-bond acceptors (Lipinski definition) is 5. The highest BCUT2D eigenvalue weighted by atomic mass is 32.2. The maximum Gasteiger partial charge on any atom is 0.206 e. The Morgan fingerprint density at radius 1 is 1.00 bits per heavy atom. The summed E-state index contributed by atoms with van der Waals surface area (Å²) in [5.41, 5.74) is 1.21. The van der Waals surface area contributed by atoms with Crippen molar-refractivity contribution in [1.82, 2.24) is 10.2 Å². The van der Waals surface area contributed by atoms with Crippen LogP contribution in [0.15, 0.2) is 46.8 Å². The number of thioether (sulfide) groups is 1. The lowest BCUT2D eigenvalue weighted by atomic mass is 10.2. The minimum atomic E-state index is -0.855. The largest absolute Gasteiger partial charge is 0.356 e. The molecule has 124 valence electrons. The summed E-state index contributed by atoms with van der Waals surface area (Å²) in [6, 6.07) is 10.3. The first-order chi connectivity index (χ1) is 11.6. The first-order valence-electron chi connectivity index (χ1n) is 6.99. The summed E-state index contributed by atoms with van der Waals surface area (Å²) in [7, 11) is 0. The van der Waals surface area contributed by atoms with Crippen molar-refractivity contribution in [2.24, 2.45) is 0 Å². The van der Waals surface area contributed by atoms with Gasteiger partial charge < -0.3 is 5.32 Å². The molecule has 2 aromatic carbocycles. The van der Waals surface area contributed by atoms with Crippen LogP contribution < -0.4 is 5.32 Å². The van der Waals surface area contributed by atoms with Gasteiger partial charge in [-0.3, -0.25) is 0 Å². The summed E-state index contributed by atoms with van der Waals surface area (Å²) < 4.78 is 40.2. The third kappa shape index (κ3) is 4.27. The van der Waals surface area contributed by atoms with Crippen LogP contribution in [0.4, 0.5) is 18.3 Å². The lowest BCUT2D eigenvalue weighted by molar-refractivity contribution is 0.502. The van der Waals surface area contributed by atoms with E-state index < -0.39 is 11.6 Å². The van der Waals surface area contributed by atoms with Crippen LogP contribution in [0.5, 0.6) is 0 Å². The topological polar surface area (TPSA) is 37.8 Å². The minimum Gasteiger partial charge on any atom is -0.356 e. The van der Waals surface area contributed by atoms with Crippen molar-refractivity contribution in [3.8, 4) is 0 Å². The minimum absolute atomic E-state index is 0.274. The molecule has 0 saturated carbocycles. The zero-order valence-corrected chi connectivity index (χ0v) is 13.9. The molecule has 1 N–H and O–H groups in total. The average Bonchev–Trinajstić information content (AvgIpc) is 3.04. The molecule has 0 aliphatic heterocycles. The molecule has 0 spiro atoms. The number of rotatable bonds is 6. The maximum atomic E-state index is 13.6. The molecule has 0 bridgehead atoms. The molecule has 0 aliphatic rings. The third-order valence-corrected chi connectivity index (χ3v) is 5.21. The fourth-order valence-corrected chi connectivity index (χ4v) is 3.64. The smallest absolute Gasteiger partial charge is 0.206 e. The van der Waals surface area contributed by atoms with Gasteiger partial charge in [0.05, 0.1) is 0 Å². The molecular formula is C16H12F3N3S2. The standard InChI is InChI=1S/C16H12F3N3S2/c17-12-6-4-10(5-7-12)8-20-15-21-22-16(24-15)23-9-11-2-1-3-13(18)14(11)19/h1-7H,8-9H2,(H,20,21). The van der Waals surface area contributed by atoms with E-state index in [0.29, 0.717) is 16.0 Å². The van der Waals surface area contributed by atoms with Gasteiger partial charge in [-0.2, -0.15) is 0 Å². The number of nitrogens with zero attached hydrogens (tertiary/aromatic N) is 2. The van der Waals surface area contributed by atoms with Gasteiger partial charge >= 0.3 is 0 Å². The molecule has 1 heterocycles. The first-order valence-corrected chi connectivity index (χ1v) is 8.79. The molecule has 8 heteroatoms. The van der Waals surface area contributed by atoms with Crippen molar-refractivity contribution in [3.63, 3.8) is 0 Å². The molecule has 0 fully saturated rings. The van der Waals surface area contributed by atoms with Crippen molar-refractivity contribution >= 4 is 28.2 Å². The SMILES string of the molecule is Fc1ccc(CNc2nnc(SCc3cccc(F)c3F)s2)cc1. The summed E-state index contributed by atoms with van der Waals surface area (Å²) in [6.07, 6.45) is 0. The lowest BCUT2D eigenvalue weighted by Crippen LogP contribution is -1.98. The van der Waals surface area contributed by atoms with Crippen LogP contribution in [-0.4, -0.2) is 10.2 Å². The quantitative estimate of drug-likeness (QED) is 0.632. The molecule has 0 atom stereocenters. The van der Waals surface area contributed by atoms with E-state index in [9.17, 15) is 13.2 Å². The number of halogens is 3. The van der Waals surface area contributed by atoms with Crippen LogP contribution in [0, 0.1) is 17.5 Å². The molecule has 3 aromatic rings. The second-order valence-electron chi connectivity index (χ2n) is 4.85. The van der Waals surface area contributed by atoms with Gasteiger partial charge in [-0.1, -0.05) is 47.4 Å². The van der Waals surface area contributed by atoms with Crippen LogP contribution in [-0.2, 0) is 12.3 Å². The normalized spacial score (nSPS) is 10.8. The maximum absolute atomic E-state index is 13.6. The fraction of sp³-hybridized carbons (Fsp3) is 0.125. The van der Waals surface area contributed by atoms with E-state index in [0.717, 1.165) is 11.6 Å². The van der Waals surface area contributed by atoms with Gasteiger partial charge in [0.2, 0.25) is 5.13 Å². The van der Waals surface area contributed by atoms with Crippen molar-refractivity contribution < 1.29 is 13.2 Å². The monoisotopic (exact) mass is 367 g/mol. The van der Waals surface area contributed by atoms with E-state index in [1.54, 1.807) is 18.2 Å². The van der Waals surface area contributed by atoms with Crippen molar-refractivity contribution in [2.45, 2.75) is 16.6 Å². The first kappa shape index (κ1) is 16.8. The molecule has 0 aliphatic carbocycles. The molecule has 0 amide bonds. The highest BCUT2D eigenvalue weighted by Crippen LogP contribution is 2.29. The number of anilines is 1. The van der Waals surface area contributed by atoms with Crippen LogP contribution >= 0.6 is 23.1 Å². The van der Waals surface area contributed by atoms with Crippen LogP contribution in [0.1, 0.15) is 11.1 Å². The summed E-state index contributed by atoms with van der Waals surface area (Å²) in [6.45, 7) is 0.498. The molecule has 1 aromatic heterocycles. The molecule has 0 saturated heterocycles. The molecular weight excluding hydrogens is 355 g/mol. The van der Waals surface area contributed by atoms with Crippen LogP contribution in [0.2, 0.25) is 0 Å². The van der Waals surface area contributed by atoms with E-state index in [1.807, 2.05) is 0 Å². The number of aromatic nitrogens is 2. The Morgan fingerprint density at radius 3 is 2.58 bits per heavy atom. The Kier molecular flexibility index (Phi) is 5.37. The fourth-order valence-electron chi connectivity index (χ4n) is 1.92. The Bertz CT molecular complexity index is 822. The van der Waals surface area contributed by atoms with Gasteiger partial charge in [0.25, 0.3) is 0 Å². The summed E-state index contributed by atoms with van der Waals surface area (Å²) in [5, 5.41) is 11.7. The number of hydrogen-bond donors (Lipinski definition) is 1. The van der Waals surface area contributed by atoms with Gasteiger partial charge in [-0.05, 0) is 23.8 Å². The van der Waals surface area contributed by atoms with Gasteiger partial charge in [-0.25, -0.2) is 13.2 Å². The Labute approximate surface area is 144 Å². The number of nitrogens with one attached hydrogen (secondary N) is 1. The Balaban J connectivity index is 1.55. The molecule has 3 rings (SSSR count). The van der Waals surface area contributed by atoms with Crippen LogP contribution in [0.25, 0.3) is 0 Å². The predicted molar refractivity (Wildman–Crippen MR) is 89.6 cm³/mol. The van der Waals surface area contributed by atoms with E-state index in [2.05, 4.69) is 15.5 Å². The lowest BCUT2D eigenvalue weighted by Gasteiger charge is -2.02. The van der Waals surface area contributed by atoms with Gasteiger partial charge in [-0.15, -0.1) is 10.2 Å². The zero-order valence-electron chi connectivity index (χ0n) is 12.3. The van der Waals surface area contributed by atoms with Crippen molar-refractivity contribution in [2.75, 3.05) is 5.32 Å². The second-order valence-corrected chi connectivity index (χ2v) is 7.05. The summed E-state index contributed by atoms with van der Waals surface area (Å²) >= 11 is 2.61. The Morgan fingerprint density at radius 2 is 1.79 bits per heavy atom. The van der Waals surface area contributed by atoms with Crippen molar-refractivity contribution in [3.05, 3.63) is 71.0 Å². The highest BCUT2D eigenvalue weighted by molar-refractivity contribution is 8.00. The van der Waals surface area contributed by atoms with E-state index in [1.165, 1.54) is 41.3 Å². The van der Waals surface area contributed by atoms with Crippen LogP contribution in [0.3, 0.4) is 0 Å². The zero-order chi connectivity index (χ0) is 16.9. The van der Waals surface area contributed by atoms with E-state index >= 15 is 0 Å². The van der Waals surface area contributed by atoms with Crippen molar-refractivity contribution in [1.29, 1.82) is 0 Å².